The van der Waals surface area contributed by atoms with Gasteiger partial charge in [0.2, 0.25) is 0 Å². The van der Waals surface area contributed by atoms with E-state index in [1.807, 2.05) is 0 Å². The second-order valence-corrected chi connectivity index (χ2v) is 8.17. The second-order valence-electron chi connectivity index (χ2n) is 8.17. The Hall–Kier alpha value is -0.0400. The maximum absolute atomic E-state index is 3.93. The first-order chi connectivity index (χ1) is 9.29. The van der Waals surface area contributed by atoms with Crippen LogP contribution in [0.5, 0.6) is 0 Å². The van der Waals surface area contributed by atoms with Crippen molar-refractivity contribution in [1.82, 2.24) is 5.32 Å². The molecular weight excluding hydrogens is 230 g/mol. The Balaban J connectivity index is 1.45. The molecule has 1 heteroatoms. The van der Waals surface area contributed by atoms with Crippen LogP contribution in [0, 0.1) is 41.4 Å². The highest BCUT2D eigenvalue weighted by molar-refractivity contribution is 5.16. The molecule has 4 aliphatic carbocycles. The summed E-state index contributed by atoms with van der Waals surface area (Å²) in [6.45, 7) is 5.94. The van der Waals surface area contributed by atoms with Crippen LogP contribution in [-0.2, 0) is 0 Å². The summed E-state index contributed by atoms with van der Waals surface area (Å²) in [4.78, 5) is 0. The van der Waals surface area contributed by atoms with Crippen molar-refractivity contribution in [2.45, 2.75) is 64.8 Å². The van der Waals surface area contributed by atoms with Gasteiger partial charge in [0, 0.05) is 6.04 Å². The van der Waals surface area contributed by atoms with E-state index >= 15 is 0 Å². The first-order valence-electron chi connectivity index (χ1n) is 9.03. The van der Waals surface area contributed by atoms with E-state index in [9.17, 15) is 0 Å². The van der Waals surface area contributed by atoms with Crippen LogP contribution in [0.4, 0.5) is 0 Å². The zero-order valence-corrected chi connectivity index (χ0v) is 12.8. The third kappa shape index (κ3) is 1.99. The van der Waals surface area contributed by atoms with E-state index in [0.717, 1.165) is 47.5 Å². The summed E-state index contributed by atoms with van der Waals surface area (Å²) >= 11 is 0. The van der Waals surface area contributed by atoms with Gasteiger partial charge in [-0.05, 0) is 80.1 Å². The number of rotatable bonds is 4. The fraction of sp³-hybridized carbons (Fsp3) is 1.00. The molecule has 4 rings (SSSR count). The summed E-state index contributed by atoms with van der Waals surface area (Å²) < 4.78 is 0. The summed E-state index contributed by atoms with van der Waals surface area (Å²) in [7, 11) is 0. The van der Waals surface area contributed by atoms with Gasteiger partial charge in [-0.25, -0.2) is 0 Å². The summed E-state index contributed by atoms with van der Waals surface area (Å²) in [6, 6.07) is 0.885. The molecule has 4 aliphatic rings. The highest BCUT2D eigenvalue weighted by Gasteiger charge is 2.67. The molecule has 19 heavy (non-hydrogen) atoms. The molecule has 0 spiro atoms. The minimum absolute atomic E-state index is 0.885. The highest BCUT2D eigenvalue weighted by Crippen LogP contribution is 2.71. The van der Waals surface area contributed by atoms with Gasteiger partial charge in [0.1, 0.15) is 0 Å². The van der Waals surface area contributed by atoms with Crippen molar-refractivity contribution in [1.29, 1.82) is 0 Å². The van der Waals surface area contributed by atoms with Gasteiger partial charge in [-0.1, -0.05) is 26.7 Å². The fourth-order valence-corrected chi connectivity index (χ4v) is 6.37. The van der Waals surface area contributed by atoms with Crippen molar-refractivity contribution >= 4 is 0 Å². The van der Waals surface area contributed by atoms with Gasteiger partial charge in [-0.2, -0.15) is 0 Å². The molecule has 4 saturated carbocycles. The third-order valence-electron chi connectivity index (χ3n) is 7.22. The van der Waals surface area contributed by atoms with Crippen molar-refractivity contribution in [2.24, 2.45) is 41.4 Å². The van der Waals surface area contributed by atoms with Gasteiger partial charge in [0.25, 0.3) is 0 Å². The normalized spacial score (nSPS) is 53.1. The highest BCUT2D eigenvalue weighted by atomic mass is 15.0. The topological polar surface area (TPSA) is 12.0 Å². The largest absolute Gasteiger partial charge is 0.314 e. The molecule has 5 atom stereocenters. The number of hydrogen-bond donors (Lipinski definition) is 1. The van der Waals surface area contributed by atoms with Crippen molar-refractivity contribution in [3.63, 3.8) is 0 Å². The minimum Gasteiger partial charge on any atom is -0.314 e. The Morgan fingerprint density at radius 2 is 1.58 bits per heavy atom. The lowest BCUT2D eigenvalue weighted by Crippen LogP contribution is -2.41. The molecule has 2 bridgehead atoms. The zero-order chi connectivity index (χ0) is 13.0. The van der Waals surface area contributed by atoms with Crippen LogP contribution in [0.15, 0.2) is 0 Å². The van der Waals surface area contributed by atoms with Crippen LogP contribution in [0.3, 0.4) is 0 Å². The molecule has 5 unspecified atom stereocenters. The lowest BCUT2D eigenvalue weighted by molar-refractivity contribution is 0.198. The molecule has 0 aliphatic heterocycles. The molecule has 1 nitrogen and oxygen atoms in total. The molecule has 1 N–H and O–H groups in total. The average Bonchev–Trinajstić information content (AvgIpc) is 2.84. The lowest BCUT2D eigenvalue weighted by Gasteiger charge is -2.35. The predicted molar refractivity (Wildman–Crippen MR) is 79.9 cm³/mol. The first-order valence-corrected chi connectivity index (χ1v) is 9.03. The van der Waals surface area contributed by atoms with E-state index in [1.54, 1.807) is 19.3 Å². The summed E-state index contributed by atoms with van der Waals surface area (Å²) in [6.07, 6.45) is 10.7. The zero-order valence-electron chi connectivity index (χ0n) is 12.8. The van der Waals surface area contributed by atoms with E-state index in [2.05, 4.69) is 19.2 Å². The fourth-order valence-electron chi connectivity index (χ4n) is 6.37. The van der Waals surface area contributed by atoms with Gasteiger partial charge in [-0.15, -0.1) is 0 Å². The van der Waals surface area contributed by atoms with Crippen molar-refractivity contribution in [2.75, 3.05) is 6.54 Å². The van der Waals surface area contributed by atoms with E-state index < -0.39 is 0 Å². The van der Waals surface area contributed by atoms with E-state index in [4.69, 9.17) is 0 Å². The van der Waals surface area contributed by atoms with Crippen LogP contribution in [-0.4, -0.2) is 12.6 Å². The number of nitrogens with one attached hydrogen (secondary N) is 1. The summed E-state index contributed by atoms with van der Waals surface area (Å²) in [5.41, 5.74) is 0. The minimum atomic E-state index is 0.885. The Labute approximate surface area is 118 Å². The first kappa shape index (κ1) is 12.7. The van der Waals surface area contributed by atoms with E-state index in [1.165, 1.54) is 32.2 Å². The molecule has 0 aromatic heterocycles. The molecule has 0 aromatic carbocycles. The van der Waals surface area contributed by atoms with Gasteiger partial charge in [-0.3, -0.25) is 0 Å². The lowest BCUT2D eigenvalue weighted by atomic mass is 9.76. The van der Waals surface area contributed by atoms with Gasteiger partial charge >= 0.3 is 0 Å². The van der Waals surface area contributed by atoms with Crippen LogP contribution in [0.25, 0.3) is 0 Å². The van der Waals surface area contributed by atoms with Crippen molar-refractivity contribution in [3.8, 4) is 0 Å². The van der Waals surface area contributed by atoms with Gasteiger partial charge < -0.3 is 5.32 Å². The van der Waals surface area contributed by atoms with Crippen LogP contribution in [0.2, 0.25) is 0 Å². The molecule has 0 aromatic rings. The molecule has 108 valence electrons. The van der Waals surface area contributed by atoms with Gasteiger partial charge in [0.05, 0.1) is 0 Å². The molecule has 0 heterocycles. The molecule has 0 saturated heterocycles. The Morgan fingerprint density at radius 3 is 2.16 bits per heavy atom. The average molecular weight is 261 g/mol. The maximum atomic E-state index is 3.93. The third-order valence-corrected chi connectivity index (χ3v) is 7.22. The van der Waals surface area contributed by atoms with Crippen molar-refractivity contribution in [3.05, 3.63) is 0 Å². The number of fused-ring (bicyclic) bond motifs is 5. The van der Waals surface area contributed by atoms with E-state index in [-0.39, 0.29) is 0 Å². The number of hydrogen-bond acceptors (Lipinski definition) is 1. The molecule has 0 amide bonds. The molecule has 0 radical (unpaired) electrons. The van der Waals surface area contributed by atoms with Crippen molar-refractivity contribution < 1.29 is 0 Å². The second kappa shape index (κ2) is 4.76. The quantitative estimate of drug-likeness (QED) is 0.804. The van der Waals surface area contributed by atoms with Crippen LogP contribution >= 0.6 is 0 Å². The van der Waals surface area contributed by atoms with Gasteiger partial charge in [0.15, 0.2) is 0 Å². The maximum Gasteiger partial charge on any atom is 0.0129 e. The molecule has 4 fully saturated rings. The summed E-state index contributed by atoms with van der Waals surface area (Å²) in [5, 5.41) is 3.93. The standard InChI is InChI=1S/C18H31N/c1-3-19-18(12-6-4-11(2)5-7-12)17-15-13-8-9-14(10-13)16(15)17/h11-19H,3-10H2,1-2H3. The Morgan fingerprint density at radius 1 is 0.947 bits per heavy atom. The smallest absolute Gasteiger partial charge is 0.0129 e. The van der Waals surface area contributed by atoms with E-state index in [0.29, 0.717) is 0 Å². The Kier molecular flexibility index (Phi) is 3.17. The van der Waals surface area contributed by atoms with Crippen LogP contribution < -0.4 is 5.32 Å². The SMILES string of the molecule is CCNC(C1CCC(C)CC1)C1C2C3CCC(C3)C21. The molecular formula is C18H31N. The monoisotopic (exact) mass is 261 g/mol. The summed E-state index contributed by atoms with van der Waals surface area (Å²) in [5.74, 6) is 7.68. The predicted octanol–water partition coefficient (Wildman–Crippen LogP) is 4.08. The Bertz CT molecular complexity index is 315. The van der Waals surface area contributed by atoms with Crippen LogP contribution in [0.1, 0.15) is 58.8 Å².